The first-order valence-electron chi connectivity index (χ1n) is 9.69. The van der Waals surface area contributed by atoms with Crippen LogP contribution in [0.5, 0.6) is 5.75 Å². The average molecular weight is 379 g/mol. The Hall–Kier alpha value is -3.02. The van der Waals surface area contributed by atoms with E-state index in [1.54, 1.807) is 4.90 Å². The molecule has 3 amide bonds. The van der Waals surface area contributed by atoms with E-state index in [-0.39, 0.29) is 17.9 Å². The monoisotopic (exact) mass is 379 g/mol. The minimum atomic E-state index is -0.160. The molecule has 0 atom stereocenters. The SMILES string of the molecule is Cc1ccc(NC(=O)N2CCOc3ccc(NC(=O)C4CC4)cc3C2)cc1C. The van der Waals surface area contributed by atoms with E-state index in [0.717, 1.165) is 41.1 Å². The van der Waals surface area contributed by atoms with Crippen LogP contribution in [0.15, 0.2) is 36.4 Å². The van der Waals surface area contributed by atoms with Crippen LogP contribution in [-0.4, -0.2) is 30.0 Å². The molecule has 0 saturated heterocycles. The van der Waals surface area contributed by atoms with E-state index in [9.17, 15) is 9.59 Å². The Bertz CT molecular complexity index is 921. The molecular weight excluding hydrogens is 354 g/mol. The number of carbonyl (C=O) groups is 2. The first-order chi connectivity index (χ1) is 13.5. The van der Waals surface area contributed by atoms with Gasteiger partial charge in [-0.3, -0.25) is 4.79 Å². The highest BCUT2D eigenvalue weighted by molar-refractivity contribution is 5.94. The van der Waals surface area contributed by atoms with E-state index in [2.05, 4.69) is 10.6 Å². The van der Waals surface area contributed by atoms with Gasteiger partial charge in [0.2, 0.25) is 5.91 Å². The Labute approximate surface area is 164 Å². The van der Waals surface area contributed by atoms with Crippen molar-refractivity contribution in [3.63, 3.8) is 0 Å². The smallest absolute Gasteiger partial charge is 0.322 e. The summed E-state index contributed by atoms with van der Waals surface area (Å²) in [5, 5.41) is 5.93. The molecule has 28 heavy (non-hydrogen) atoms. The number of hydrogen-bond donors (Lipinski definition) is 2. The van der Waals surface area contributed by atoms with Crippen LogP contribution in [0.4, 0.5) is 16.2 Å². The van der Waals surface area contributed by atoms with Gasteiger partial charge in [0.25, 0.3) is 0 Å². The zero-order chi connectivity index (χ0) is 19.7. The molecule has 1 saturated carbocycles. The van der Waals surface area contributed by atoms with Crippen molar-refractivity contribution in [1.29, 1.82) is 0 Å². The quantitative estimate of drug-likeness (QED) is 0.844. The average Bonchev–Trinajstić information content (AvgIpc) is 3.51. The van der Waals surface area contributed by atoms with E-state index in [1.165, 1.54) is 5.56 Å². The molecule has 2 aromatic rings. The van der Waals surface area contributed by atoms with Gasteiger partial charge in [0.1, 0.15) is 12.4 Å². The number of benzene rings is 2. The molecule has 0 unspecified atom stereocenters. The van der Waals surface area contributed by atoms with Gasteiger partial charge in [0.15, 0.2) is 0 Å². The standard InChI is InChI=1S/C22H25N3O3/c1-14-3-6-18(11-15(14)2)24-22(27)25-9-10-28-20-8-7-19(12-17(20)13-25)23-21(26)16-4-5-16/h3,6-8,11-12,16H,4-5,9-10,13H2,1-2H3,(H,23,26)(H,24,27). The Morgan fingerprint density at radius 3 is 2.50 bits per heavy atom. The number of urea groups is 1. The molecule has 0 radical (unpaired) electrons. The predicted octanol–water partition coefficient (Wildman–Crippen LogP) is 4.08. The van der Waals surface area contributed by atoms with Crippen LogP contribution >= 0.6 is 0 Å². The van der Waals surface area contributed by atoms with Crippen molar-refractivity contribution in [3.05, 3.63) is 53.1 Å². The molecule has 1 fully saturated rings. The maximum absolute atomic E-state index is 12.8. The second-order valence-electron chi connectivity index (χ2n) is 7.59. The highest BCUT2D eigenvalue weighted by Crippen LogP contribution is 2.32. The molecule has 2 N–H and O–H groups in total. The van der Waals surface area contributed by atoms with Gasteiger partial charge in [0.05, 0.1) is 13.1 Å². The molecule has 1 heterocycles. The molecule has 4 rings (SSSR count). The van der Waals surface area contributed by atoms with E-state index in [0.29, 0.717) is 19.7 Å². The highest BCUT2D eigenvalue weighted by Gasteiger charge is 2.29. The lowest BCUT2D eigenvalue weighted by atomic mass is 10.1. The van der Waals surface area contributed by atoms with Gasteiger partial charge in [-0.05, 0) is 68.1 Å². The molecule has 6 heteroatoms. The van der Waals surface area contributed by atoms with Gasteiger partial charge in [0, 0.05) is 22.9 Å². The summed E-state index contributed by atoms with van der Waals surface area (Å²) in [6, 6.07) is 11.3. The van der Waals surface area contributed by atoms with Crippen LogP contribution < -0.4 is 15.4 Å². The minimum absolute atomic E-state index is 0.0684. The maximum atomic E-state index is 12.8. The zero-order valence-corrected chi connectivity index (χ0v) is 16.2. The summed E-state index contributed by atoms with van der Waals surface area (Å²) in [6.07, 6.45) is 1.93. The number of nitrogens with zero attached hydrogens (tertiary/aromatic N) is 1. The number of carbonyl (C=O) groups excluding carboxylic acids is 2. The molecule has 1 aliphatic heterocycles. The first-order valence-corrected chi connectivity index (χ1v) is 9.69. The molecule has 0 spiro atoms. The number of aryl methyl sites for hydroxylation is 2. The summed E-state index contributed by atoms with van der Waals surface area (Å²) in [7, 11) is 0. The number of anilines is 2. The number of rotatable bonds is 3. The summed E-state index contributed by atoms with van der Waals surface area (Å²) < 4.78 is 5.80. The Morgan fingerprint density at radius 1 is 1.00 bits per heavy atom. The summed E-state index contributed by atoms with van der Waals surface area (Å²) >= 11 is 0. The maximum Gasteiger partial charge on any atom is 0.322 e. The predicted molar refractivity (Wildman–Crippen MR) is 109 cm³/mol. The summed E-state index contributed by atoms with van der Waals surface area (Å²) in [4.78, 5) is 26.5. The fourth-order valence-corrected chi connectivity index (χ4v) is 3.26. The van der Waals surface area contributed by atoms with Crippen LogP contribution in [0, 0.1) is 19.8 Å². The minimum Gasteiger partial charge on any atom is -0.491 e. The van der Waals surface area contributed by atoms with E-state index in [1.807, 2.05) is 50.2 Å². The number of ether oxygens (including phenoxy) is 1. The van der Waals surface area contributed by atoms with E-state index >= 15 is 0 Å². The fraction of sp³-hybridized carbons (Fsp3) is 0.364. The summed E-state index contributed by atoms with van der Waals surface area (Å²) in [6.45, 7) is 5.43. The molecule has 0 aromatic heterocycles. The van der Waals surface area contributed by atoms with Crippen LogP contribution in [0.1, 0.15) is 29.5 Å². The van der Waals surface area contributed by atoms with Gasteiger partial charge in [-0.1, -0.05) is 6.07 Å². The lowest BCUT2D eigenvalue weighted by Crippen LogP contribution is -2.36. The Balaban J connectivity index is 1.47. The number of hydrogen-bond acceptors (Lipinski definition) is 3. The van der Waals surface area contributed by atoms with Crippen molar-refractivity contribution < 1.29 is 14.3 Å². The first kappa shape index (κ1) is 18.3. The van der Waals surface area contributed by atoms with Crippen LogP contribution in [-0.2, 0) is 11.3 Å². The van der Waals surface area contributed by atoms with E-state index < -0.39 is 0 Å². The number of nitrogens with one attached hydrogen (secondary N) is 2. The van der Waals surface area contributed by atoms with Gasteiger partial charge in [-0.2, -0.15) is 0 Å². The third kappa shape index (κ3) is 4.11. The molecular formula is C22H25N3O3. The third-order valence-corrected chi connectivity index (χ3v) is 5.30. The van der Waals surface area contributed by atoms with Crippen LogP contribution in [0.2, 0.25) is 0 Å². The number of amides is 3. The van der Waals surface area contributed by atoms with Crippen molar-refractivity contribution in [2.24, 2.45) is 5.92 Å². The zero-order valence-electron chi connectivity index (χ0n) is 16.2. The molecule has 146 valence electrons. The summed E-state index contributed by atoms with van der Waals surface area (Å²) in [5.74, 6) is 0.972. The van der Waals surface area contributed by atoms with Gasteiger partial charge >= 0.3 is 6.03 Å². The third-order valence-electron chi connectivity index (χ3n) is 5.30. The van der Waals surface area contributed by atoms with Crippen LogP contribution in [0.25, 0.3) is 0 Å². The van der Waals surface area contributed by atoms with Crippen molar-refractivity contribution in [2.75, 3.05) is 23.8 Å². The Morgan fingerprint density at radius 2 is 1.75 bits per heavy atom. The number of fused-ring (bicyclic) bond motifs is 1. The van der Waals surface area contributed by atoms with Gasteiger partial charge in [-0.25, -0.2) is 4.79 Å². The summed E-state index contributed by atoms with van der Waals surface area (Å²) in [5.41, 5.74) is 4.75. The van der Waals surface area contributed by atoms with Gasteiger partial charge < -0.3 is 20.3 Å². The Kier molecular flexibility index (Phi) is 4.94. The van der Waals surface area contributed by atoms with Crippen molar-refractivity contribution >= 4 is 23.3 Å². The molecule has 1 aliphatic carbocycles. The van der Waals surface area contributed by atoms with Crippen molar-refractivity contribution in [3.8, 4) is 5.75 Å². The molecule has 0 bridgehead atoms. The second kappa shape index (κ2) is 7.54. The highest BCUT2D eigenvalue weighted by atomic mass is 16.5. The lowest BCUT2D eigenvalue weighted by Gasteiger charge is -2.21. The fourth-order valence-electron chi connectivity index (χ4n) is 3.26. The van der Waals surface area contributed by atoms with Gasteiger partial charge in [-0.15, -0.1) is 0 Å². The topological polar surface area (TPSA) is 70.7 Å². The van der Waals surface area contributed by atoms with E-state index in [4.69, 9.17) is 4.74 Å². The normalized spacial score (nSPS) is 15.9. The van der Waals surface area contributed by atoms with Crippen molar-refractivity contribution in [1.82, 2.24) is 4.90 Å². The molecule has 6 nitrogen and oxygen atoms in total. The lowest BCUT2D eigenvalue weighted by molar-refractivity contribution is -0.117. The molecule has 2 aromatic carbocycles. The van der Waals surface area contributed by atoms with Crippen LogP contribution in [0.3, 0.4) is 0 Å². The van der Waals surface area contributed by atoms with Crippen molar-refractivity contribution in [2.45, 2.75) is 33.2 Å². The second-order valence-corrected chi connectivity index (χ2v) is 7.59. The molecule has 2 aliphatic rings. The largest absolute Gasteiger partial charge is 0.491 e.